The van der Waals surface area contributed by atoms with E-state index in [4.69, 9.17) is 24.5 Å². The lowest BCUT2D eigenvalue weighted by Crippen LogP contribution is -2.21. The van der Waals surface area contributed by atoms with Gasteiger partial charge in [-0.1, -0.05) is 42.4 Å². The monoisotopic (exact) mass is 682 g/mol. The molecule has 4 rings (SSSR count). The van der Waals surface area contributed by atoms with Gasteiger partial charge in [0.15, 0.2) is 17.3 Å². The molecule has 0 unspecified atom stereocenters. The zero-order chi connectivity index (χ0) is 36.2. The van der Waals surface area contributed by atoms with E-state index < -0.39 is 11.0 Å². The molecule has 0 radical (unpaired) electrons. The first-order valence-electron chi connectivity index (χ1n) is 15.6. The maximum absolute atomic E-state index is 11.0. The van der Waals surface area contributed by atoms with Crippen LogP contribution in [0, 0.1) is 10.1 Å². The lowest BCUT2D eigenvalue weighted by atomic mass is 10.1. The average molecular weight is 683 g/mol. The summed E-state index contributed by atoms with van der Waals surface area (Å²) in [6.45, 7) is 11.7. The van der Waals surface area contributed by atoms with Gasteiger partial charge >= 0.3 is 12.1 Å². The Morgan fingerprint density at radius 2 is 1.78 bits per heavy atom. The molecule has 1 amide bonds. The molecule has 49 heavy (non-hydrogen) atoms. The van der Waals surface area contributed by atoms with E-state index in [1.807, 2.05) is 13.0 Å². The van der Waals surface area contributed by atoms with Gasteiger partial charge in [-0.25, -0.2) is 4.79 Å². The number of rotatable bonds is 16. The Morgan fingerprint density at radius 1 is 1.08 bits per heavy atom. The first kappa shape index (κ1) is 39.8. The molecule has 3 aromatic rings. The Bertz CT molecular complexity index is 1540. The van der Waals surface area contributed by atoms with Crippen molar-refractivity contribution >= 4 is 29.0 Å². The van der Waals surface area contributed by atoms with Crippen LogP contribution in [0.2, 0.25) is 0 Å². The summed E-state index contributed by atoms with van der Waals surface area (Å²) < 4.78 is 29.7. The maximum atomic E-state index is 11.0. The predicted octanol–water partition coefficient (Wildman–Crippen LogP) is 6.40. The minimum absolute atomic E-state index is 0.163. The third-order valence-electron chi connectivity index (χ3n) is 7.05. The second-order valence-electron chi connectivity index (χ2n) is 10.6. The molecule has 14 heteroatoms. The fraction of sp³-hybridized carbons (Fsp3) is 0.400. The SMILES string of the molecule is C=C1CN(CCCCCc2cc(COCCC(=O)OC)on2)c2ccccc21.C=CC.COc1cc(COC(N)=O)c([N+](=O)[O-])cc1OC. The van der Waals surface area contributed by atoms with E-state index in [0.717, 1.165) is 44.5 Å². The number of aromatic nitrogens is 1. The highest BCUT2D eigenvalue weighted by atomic mass is 16.6. The van der Waals surface area contributed by atoms with E-state index in [1.54, 1.807) is 6.08 Å². The number of ether oxygens (including phenoxy) is 5. The lowest BCUT2D eigenvalue weighted by Gasteiger charge is -2.18. The van der Waals surface area contributed by atoms with Gasteiger partial charge in [-0.05, 0) is 43.9 Å². The van der Waals surface area contributed by atoms with Crippen LogP contribution in [0.3, 0.4) is 0 Å². The maximum Gasteiger partial charge on any atom is 0.404 e. The number of nitro benzene ring substituents is 1. The number of para-hydroxylation sites is 1. The number of anilines is 1. The average Bonchev–Trinajstić information content (AvgIpc) is 3.68. The fourth-order valence-electron chi connectivity index (χ4n) is 4.75. The number of fused-ring (bicyclic) bond motifs is 1. The number of methoxy groups -OCH3 is 3. The summed E-state index contributed by atoms with van der Waals surface area (Å²) in [6, 6.07) is 13.0. The van der Waals surface area contributed by atoms with Crippen molar-refractivity contribution < 1.29 is 42.7 Å². The number of benzene rings is 2. The minimum Gasteiger partial charge on any atom is -0.493 e. The normalized spacial score (nSPS) is 11.3. The minimum atomic E-state index is -1.01. The van der Waals surface area contributed by atoms with Crippen LogP contribution in [0.5, 0.6) is 11.5 Å². The molecule has 0 aliphatic carbocycles. The summed E-state index contributed by atoms with van der Waals surface area (Å²) in [5.41, 5.74) is 9.48. The molecule has 1 aromatic heterocycles. The molecule has 2 aromatic carbocycles. The topological polar surface area (TPSA) is 179 Å². The summed E-state index contributed by atoms with van der Waals surface area (Å²) in [5, 5.41) is 15.0. The number of unbranched alkanes of at least 4 members (excludes halogenated alkanes) is 2. The van der Waals surface area contributed by atoms with Crippen LogP contribution in [0.25, 0.3) is 5.57 Å². The Morgan fingerprint density at radius 3 is 2.43 bits per heavy atom. The summed E-state index contributed by atoms with van der Waals surface area (Å²) in [5.74, 6) is 0.922. The number of nitrogens with zero attached hydrogens (tertiary/aromatic N) is 3. The van der Waals surface area contributed by atoms with Crippen molar-refractivity contribution in [1.29, 1.82) is 0 Å². The number of nitrogens with two attached hydrogens (primary N) is 1. The molecule has 2 heterocycles. The second kappa shape index (κ2) is 21.5. The molecule has 1 aliphatic rings. The second-order valence-corrected chi connectivity index (χ2v) is 10.6. The molecular formula is C35H46N4O10. The van der Waals surface area contributed by atoms with Crippen LogP contribution >= 0.6 is 0 Å². The summed E-state index contributed by atoms with van der Waals surface area (Å²) in [6.07, 6.45) is 5.23. The van der Waals surface area contributed by atoms with Gasteiger partial charge in [0.2, 0.25) is 0 Å². The van der Waals surface area contributed by atoms with Crippen LogP contribution in [0.1, 0.15) is 55.2 Å². The lowest BCUT2D eigenvalue weighted by molar-refractivity contribution is -0.385. The number of carbonyl (C=O) groups is 2. The smallest absolute Gasteiger partial charge is 0.404 e. The molecule has 0 bridgehead atoms. The zero-order valence-electron chi connectivity index (χ0n) is 28.6. The van der Waals surface area contributed by atoms with Gasteiger partial charge in [-0.15, -0.1) is 6.58 Å². The third kappa shape index (κ3) is 13.3. The number of amides is 1. The first-order valence-corrected chi connectivity index (χ1v) is 15.6. The predicted molar refractivity (Wildman–Crippen MR) is 184 cm³/mol. The highest BCUT2D eigenvalue weighted by Crippen LogP contribution is 2.35. The van der Waals surface area contributed by atoms with Gasteiger partial charge in [0.1, 0.15) is 13.2 Å². The van der Waals surface area contributed by atoms with Crippen LogP contribution in [0.4, 0.5) is 16.2 Å². The van der Waals surface area contributed by atoms with Crippen molar-refractivity contribution in [2.24, 2.45) is 5.73 Å². The molecular weight excluding hydrogens is 636 g/mol. The Labute approximate surface area is 286 Å². The number of nitro groups is 1. The van der Waals surface area contributed by atoms with E-state index in [-0.39, 0.29) is 36.0 Å². The van der Waals surface area contributed by atoms with Crippen LogP contribution < -0.4 is 20.1 Å². The van der Waals surface area contributed by atoms with E-state index in [2.05, 4.69) is 57.0 Å². The summed E-state index contributed by atoms with van der Waals surface area (Å²) in [4.78, 5) is 34.2. The molecule has 0 fully saturated rings. The van der Waals surface area contributed by atoms with Gasteiger partial charge in [0.25, 0.3) is 5.69 Å². The third-order valence-corrected chi connectivity index (χ3v) is 7.05. The van der Waals surface area contributed by atoms with Crippen molar-refractivity contribution in [2.75, 3.05) is 45.9 Å². The first-order chi connectivity index (χ1) is 23.6. The summed E-state index contributed by atoms with van der Waals surface area (Å²) in [7, 11) is 4.12. The zero-order valence-corrected chi connectivity index (χ0v) is 28.6. The number of hydrogen-bond acceptors (Lipinski definition) is 12. The molecule has 266 valence electrons. The van der Waals surface area contributed by atoms with Gasteiger partial charge in [0, 0.05) is 30.4 Å². The van der Waals surface area contributed by atoms with Crippen molar-refractivity contribution in [3.05, 3.63) is 94.4 Å². The van der Waals surface area contributed by atoms with E-state index in [0.29, 0.717) is 24.7 Å². The Hall–Kier alpha value is -5.37. The molecule has 1 aliphatic heterocycles. The van der Waals surface area contributed by atoms with Gasteiger partial charge in [-0.2, -0.15) is 0 Å². The van der Waals surface area contributed by atoms with Gasteiger partial charge < -0.3 is 38.8 Å². The molecule has 2 N–H and O–H groups in total. The number of carbonyl (C=O) groups excluding carboxylic acids is 2. The van der Waals surface area contributed by atoms with E-state index >= 15 is 0 Å². The molecule has 0 spiro atoms. The Balaban J connectivity index is 0.000000342. The van der Waals surface area contributed by atoms with Crippen molar-refractivity contribution in [2.45, 2.75) is 52.2 Å². The fourth-order valence-corrected chi connectivity index (χ4v) is 4.75. The Kier molecular flexibility index (Phi) is 17.5. The van der Waals surface area contributed by atoms with Crippen LogP contribution in [-0.2, 0) is 38.6 Å². The summed E-state index contributed by atoms with van der Waals surface area (Å²) >= 11 is 0. The molecule has 0 saturated carbocycles. The highest BCUT2D eigenvalue weighted by Gasteiger charge is 2.21. The highest BCUT2D eigenvalue weighted by molar-refractivity contribution is 5.84. The van der Waals surface area contributed by atoms with Crippen molar-refractivity contribution in [1.82, 2.24) is 5.16 Å². The van der Waals surface area contributed by atoms with E-state index in [9.17, 15) is 19.7 Å². The number of esters is 1. The van der Waals surface area contributed by atoms with Crippen LogP contribution in [-0.4, -0.2) is 63.2 Å². The number of primary amides is 1. The van der Waals surface area contributed by atoms with Crippen LogP contribution in [0.15, 0.2) is 66.2 Å². The molecule has 0 atom stereocenters. The number of aryl methyl sites for hydroxylation is 1. The number of hydrogen-bond donors (Lipinski definition) is 1. The largest absolute Gasteiger partial charge is 0.493 e. The number of allylic oxidation sites excluding steroid dienone is 1. The van der Waals surface area contributed by atoms with Crippen molar-refractivity contribution in [3.8, 4) is 11.5 Å². The van der Waals surface area contributed by atoms with E-state index in [1.165, 1.54) is 50.3 Å². The molecule has 14 nitrogen and oxygen atoms in total. The van der Waals surface area contributed by atoms with Gasteiger partial charge in [0.05, 0.1) is 56.6 Å². The molecule has 0 saturated heterocycles. The van der Waals surface area contributed by atoms with Crippen molar-refractivity contribution in [3.63, 3.8) is 0 Å². The van der Waals surface area contributed by atoms with Gasteiger partial charge in [-0.3, -0.25) is 14.9 Å². The standard InChI is InChI=1S/C22H28N2O4.C10H12N2O6.C3H6/c1-17-15-24(21-10-6-5-9-20(17)21)12-7-3-4-8-18-14-19(28-23-18)16-27-13-11-22(25)26-2;1-16-8-3-6(5-18-10(11)13)7(12(14)15)4-9(8)17-2;1-3-2/h5-6,9-10,14H,1,3-4,7-8,11-13,15-16H2,2H3;3-4H,5H2,1-2H3,(H2,11,13);3H,1H2,2H3. The quantitative estimate of drug-likeness (QED) is 0.0579.